The van der Waals surface area contributed by atoms with E-state index >= 15 is 0 Å². The van der Waals surface area contributed by atoms with E-state index in [1.54, 1.807) is 49.0 Å². The van der Waals surface area contributed by atoms with Gasteiger partial charge < -0.3 is 5.32 Å². The number of anilines is 1. The lowest BCUT2D eigenvalue weighted by Crippen LogP contribution is -2.45. The minimum absolute atomic E-state index is 0.000734. The summed E-state index contributed by atoms with van der Waals surface area (Å²) in [5.74, 6) is -2.53. The topological polar surface area (TPSA) is 137 Å². The Morgan fingerprint density at radius 1 is 1.03 bits per heavy atom. The van der Waals surface area contributed by atoms with Crippen LogP contribution < -0.4 is 10.9 Å². The molecule has 4 rings (SSSR count). The number of nitrogens with one attached hydrogen (secondary N) is 1. The van der Waals surface area contributed by atoms with Crippen LogP contribution in [0.2, 0.25) is 0 Å². The monoisotopic (exact) mass is 449 g/mol. The zero-order valence-electron chi connectivity index (χ0n) is 17.9. The molecule has 0 radical (unpaired) electrons. The maximum absolute atomic E-state index is 13.0. The van der Waals surface area contributed by atoms with Crippen LogP contribution in [-0.4, -0.2) is 43.0 Å². The van der Waals surface area contributed by atoms with E-state index in [0.717, 1.165) is 6.07 Å². The molecule has 33 heavy (non-hydrogen) atoms. The van der Waals surface area contributed by atoms with Gasteiger partial charge in [-0.25, -0.2) is 4.68 Å². The molecule has 1 aliphatic heterocycles. The summed E-state index contributed by atoms with van der Waals surface area (Å²) in [7, 11) is 1.66. The average Bonchev–Trinajstić information content (AvgIpc) is 3.18. The van der Waals surface area contributed by atoms with E-state index in [1.807, 2.05) is 0 Å². The van der Waals surface area contributed by atoms with Gasteiger partial charge in [-0.1, -0.05) is 24.3 Å². The molecule has 168 valence electrons. The van der Waals surface area contributed by atoms with Crippen LogP contribution in [0.5, 0.6) is 0 Å². The average molecular weight is 449 g/mol. The largest absolute Gasteiger partial charge is 0.318 e. The van der Waals surface area contributed by atoms with Crippen molar-refractivity contribution in [2.24, 2.45) is 7.05 Å². The Morgan fingerprint density at radius 2 is 1.70 bits per heavy atom. The van der Waals surface area contributed by atoms with Gasteiger partial charge >= 0.3 is 0 Å². The molecule has 0 saturated carbocycles. The third-order valence-corrected chi connectivity index (χ3v) is 5.69. The number of carbonyl (C=O) groups excluding carboxylic acids is 3. The first-order valence-corrected chi connectivity index (χ1v) is 9.95. The summed E-state index contributed by atoms with van der Waals surface area (Å²) < 4.78 is 2.95. The summed E-state index contributed by atoms with van der Waals surface area (Å²) in [5, 5.41) is 13.8. The minimum atomic E-state index is -1.32. The van der Waals surface area contributed by atoms with E-state index in [4.69, 9.17) is 0 Å². The number of rotatable bonds is 5. The third kappa shape index (κ3) is 3.30. The predicted molar refractivity (Wildman–Crippen MR) is 117 cm³/mol. The van der Waals surface area contributed by atoms with Crippen LogP contribution in [0.25, 0.3) is 5.69 Å². The molecule has 0 aliphatic carbocycles. The number of nitrogens with zero attached hydrogens (tertiary/aromatic N) is 4. The summed E-state index contributed by atoms with van der Waals surface area (Å²) in [4.78, 5) is 62.9. The quantitative estimate of drug-likeness (QED) is 0.359. The van der Waals surface area contributed by atoms with Crippen molar-refractivity contribution in [1.82, 2.24) is 14.3 Å². The van der Waals surface area contributed by atoms with Crippen LogP contribution in [0.3, 0.4) is 0 Å². The summed E-state index contributed by atoms with van der Waals surface area (Å²) in [6.07, 6.45) is 0. The van der Waals surface area contributed by atoms with E-state index in [0.29, 0.717) is 16.3 Å². The summed E-state index contributed by atoms with van der Waals surface area (Å²) >= 11 is 0. The van der Waals surface area contributed by atoms with Crippen LogP contribution in [0.4, 0.5) is 11.4 Å². The minimum Gasteiger partial charge on any atom is -0.318 e. The first-order valence-electron chi connectivity index (χ1n) is 9.95. The Kier molecular flexibility index (Phi) is 5.16. The Morgan fingerprint density at radius 3 is 2.33 bits per heavy atom. The molecular formula is C22H19N5O6. The van der Waals surface area contributed by atoms with E-state index < -0.39 is 39.9 Å². The van der Waals surface area contributed by atoms with Gasteiger partial charge in [-0.15, -0.1) is 0 Å². The van der Waals surface area contributed by atoms with Crippen LogP contribution >= 0.6 is 0 Å². The molecule has 1 N–H and O–H groups in total. The van der Waals surface area contributed by atoms with Crippen molar-refractivity contribution < 1.29 is 19.3 Å². The van der Waals surface area contributed by atoms with Crippen LogP contribution in [0.15, 0.2) is 53.3 Å². The molecule has 2 heterocycles. The van der Waals surface area contributed by atoms with Crippen molar-refractivity contribution in [3.8, 4) is 5.69 Å². The number of aromatic nitrogens is 2. The molecule has 11 nitrogen and oxygen atoms in total. The van der Waals surface area contributed by atoms with Crippen LogP contribution in [0, 0.1) is 17.0 Å². The number of nitro groups is 1. The smallest absolute Gasteiger partial charge is 0.295 e. The normalized spacial score (nSPS) is 13.7. The van der Waals surface area contributed by atoms with Crippen LogP contribution in [0.1, 0.15) is 33.3 Å². The molecular weight excluding hydrogens is 430 g/mol. The standard InChI is InChI=1S/C22H19N5O6/c1-12-18(22(31)26(24(12)3)14-8-5-4-6-9-14)23-19(28)13(2)25-20(29)15-10-7-11-16(27(32)33)17(15)21(25)30/h4-11,13H,1-3H3,(H,23,28)/t13-/m0/s1. The van der Waals surface area contributed by atoms with Gasteiger partial charge in [0.2, 0.25) is 5.91 Å². The third-order valence-electron chi connectivity index (χ3n) is 5.69. The lowest BCUT2D eigenvalue weighted by atomic mass is 10.1. The van der Waals surface area contributed by atoms with Crippen molar-refractivity contribution in [3.05, 3.63) is 85.8 Å². The Bertz CT molecular complexity index is 1390. The van der Waals surface area contributed by atoms with E-state index in [-0.39, 0.29) is 16.8 Å². The van der Waals surface area contributed by atoms with Gasteiger partial charge in [0.1, 0.15) is 17.3 Å². The number of hydrogen-bond acceptors (Lipinski definition) is 6. The highest BCUT2D eigenvalue weighted by Crippen LogP contribution is 2.32. The van der Waals surface area contributed by atoms with Gasteiger partial charge in [0.25, 0.3) is 23.1 Å². The number of benzene rings is 2. The lowest BCUT2D eigenvalue weighted by molar-refractivity contribution is -0.385. The van der Waals surface area contributed by atoms with Gasteiger partial charge in [-0.2, -0.15) is 0 Å². The first-order chi connectivity index (χ1) is 15.6. The number of fused-ring (bicyclic) bond motifs is 1. The Hall–Kier alpha value is -4.54. The first kappa shape index (κ1) is 21.7. The van der Waals surface area contributed by atoms with E-state index in [9.17, 15) is 29.3 Å². The molecule has 3 amide bonds. The van der Waals surface area contributed by atoms with Crippen molar-refractivity contribution in [2.75, 3.05) is 5.32 Å². The summed E-state index contributed by atoms with van der Waals surface area (Å²) in [6, 6.07) is 11.2. The maximum Gasteiger partial charge on any atom is 0.295 e. The predicted octanol–water partition coefficient (Wildman–Crippen LogP) is 2.02. The van der Waals surface area contributed by atoms with Gasteiger partial charge in [0, 0.05) is 13.1 Å². The summed E-state index contributed by atoms with van der Waals surface area (Å²) in [6.45, 7) is 2.96. The highest BCUT2D eigenvalue weighted by Gasteiger charge is 2.45. The second-order valence-electron chi connectivity index (χ2n) is 7.54. The molecule has 0 bridgehead atoms. The summed E-state index contributed by atoms with van der Waals surface area (Å²) in [5.41, 5.74) is -0.437. The van der Waals surface area contributed by atoms with Gasteiger partial charge in [-0.3, -0.25) is 38.9 Å². The van der Waals surface area contributed by atoms with Gasteiger partial charge in [0.15, 0.2) is 0 Å². The highest BCUT2D eigenvalue weighted by molar-refractivity contribution is 6.24. The molecule has 11 heteroatoms. The highest BCUT2D eigenvalue weighted by atomic mass is 16.6. The fourth-order valence-electron chi connectivity index (χ4n) is 3.85. The van der Waals surface area contributed by atoms with Crippen molar-refractivity contribution in [2.45, 2.75) is 19.9 Å². The number of imide groups is 1. The zero-order valence-corrected chi connectivity index (χ0v) is 17.9. The Labute approximate surface area is 187 Å². The Balaban J connectivity index is 1.65. The van der Waals surface area contributed by atoms with Crippen molar-refractivity contribution in [1.29, 1.82) is 0 Å². The lowest BCUT2D eigenvalue weighted by Gasteiger charge is -2.21. The molecule has 0 fully saturated rings. The second kappa shape index (κ2) is 7.86. The number of nitro benzene ring substituents is 1. The van der Waals surface area contributed by atoms with Gasteiger partial charge in [0.05, 0.1) is 21.9 Å². The molecule has 1 aromatic heterocycles. The van der Waals surface area contributed by atoms with E-state index in [2.05, 4.69) is 5.32 Å². The zero-order chi connectivity index (χ0) is 24.0. The van der Waals surface area contributed by atoms with Gasteiger partial charge in [-0.05, 0) is 32.0 Å². The number of carbonyl (C=O) groups is 3. The second-order valence-corrected chi connectivity index (χ2v) is 7.54. The van der Waals surface area contributed by atoms with Crippen molar-refractivity contribution >= 4 is 29.1 Å². The molecule has 0 saturated heterocycles. The fraction of sp³-hybridized carbons (Fsp3) is 0.182. The van der Waals surface area contributed by atoms with Crippen LogP contribution in [-0.2, 0) is 11.8 Å². The van der Waals surface area contributed by atoms with E-state index in [1.165, 1.54) is 23.7 Å². The number of amides is 3. The molecule has 1 aliphatic rings. The molecule has 2 aromatic carbocycles. The molecule has 0 unspecified atom stereocenters. The number of hydrogen-bond donors (Lipinski definition) is 1. The SMILES string of the molecule is Cc1c(NC(=O)[C@H](C)N2C(=O)c3cccc([N+](=O)[O-])c3C2=O)c(=O)n(-c2ccccc2)n1C. The molecule has 0 spiro atoms. The fourth-order valence-corrected chi connectivity index (χ4v) is 3.85. The van der Waals surface area contributed by atoms with Crippen molar-refractivity contribution in [3.63, 3.8) is 0 Å². The number of para-hydroxylation sites is 1. The maximum atomic E-state index is 13.0. The molecule has 1 atom stereocenters. The molecule has 3 aromatic rings.